The second-order valence-corrected chi connectivity index (χ2v) is 9.42. The molecule has 0 aliphatic heterocycles. The fourth-order valence-corrected chi connectivity index (χ4v) is 6.38. The van der Waals surface area contributed by atoms with E-state index in [-0.39, 0.29) is 28.8 Å². The Kier molecular flexibility index (Phi) is 4.19. The van der Waals surface area contributed by atoms with Crippen LogP contribution in [0, 0.1) is 22.7 Å². The SMILES string of the molecule is CC(C)[C@H](NS(=O)(=O)C[C@@]12CC[C@@H](CC1=O)C2(C)C)C(N)=O. The Morgan fingerprint density at radius 2 is 2.00 bits per heavy atom. The van der Waals surface area contributed by atoms with Crippen LogP contribution in [-0.2, 0) is 19.6 Å². The van der Waals surface area contributed by atoms with E-state index >= 15 is 0 Å². The molecule has 2 bridgehead atoms. The number of Topliss-reactive ketones (excluding diaryl/α,β-unsaturated/α-hetero) is 1. The highest BCUT2D eigenvalue weighted by Crippen LogP contribution is 2.64. The normalized spacial score (nSPS) is 31.7. The molecule has 126 valence electrons. The smallest absolute Gasteiger partial charge is 0.235 e. The highest BCUT2D eigenvalue weighted by atomic mass is 32.2. The molecule has 22 heavy (non-hydrogen) atoms. The zero-order chi connectivity index (χ0) is 16.9. The largest absolute Gasteiger partial charge is 0.368 e. The Labute approximate surface area is 132 Å². The molecule has 0 saturated heterocycles. The molecule has 0 spiro atoms. The van der Waals surface area contributed by atoms with Crippen LogP contribution in [-0.4, -0.2) is 31.9 Å². The van der Waals surface area contributed by atoms with E-state index < -0.39 is 27.4 Å². The number of amides is 1. The molecule has 0 aromatic heterocycles. The third-order valence-electron chi connectivity index (χ3n) is 5.86. The first kappa shape index (κ1) is 17.4. The van der Waals surface area contributed by atoms with Crippen molar-refractivity contribution in [3.63, 3.8) is 0 Å². The number of nitrogens with one attached hydrogen (secondary N) is 1. The summed E-state index contributed by atoms with van der Waals surface area (Å²) in [6.07, 6.45) is 1.96. The zero-order valence-electron chi connectivity index (χ0n) is 13.7. The van der Waals surface area contributed by atoms with E-state index in [2.05, 4.69) is 4.72 Å². The van der Waals surface area contributed by atoms with Crippen molar-refractivity contribution in [2.75, 3.05) is 5.75 Å². The first-order chi connectivity index (χ1) is 9.93. The van der Waals surface area contributed by atoms with Crippen LogP contribution in [0.25, 0.3) is 0 Å². The first-order valence-corrected chi connectivity index (χ1v) is 9.41. The summed E-state index contributed by atoms with van der Waals surface area (Å²) in [7, 11) is -3.77. The van der Waals surface area contributed by atoms with Crippen LogP contribution in [0.2, 0.25) is 0 Å². The predicted octanol–water partition coefficient (Wildman–Crippen LogP) is 0.811. The zero-order valence-corrected chi connectivity index (χ0v) is 14.5. The maximum atomic E-state index is 12.6. The van der Waals surface area contributed by atoms with Gasteiger partial charge in [0.15, 0.2) is 0 Å². The van der Waals surface area contributed by atoms with Crippen LogP contribution in [0.4, 0.5) is 0 Å². The van der Waals surface area contributed by atoms with E-state index in [4.69, 9.17) is 5.73 Å². The molecule has 7 heteroatoms. The van der Waals surface area contributed by atoms with Crippen molar-refractivity contribution >= 4 is 21.7 Å². The molecular weight excluding hydrogens is 304 g/mol. The van der Waals surface area contributed by atoms with E-state index in [0.717, 1.165) is 6.42 Å². The summed E-state index contributed by atoms with van der Waals surface area (Å²) in [6, 6.07) is -0.946. The van der Waals surface area contributed by atoms with Gasteiger partial charge in [0.25, 0.3) is 0 Å². The first-order valence-electron chi connectivity index (χ1n) is 7.75. The summed E-state index contributed by atoms with van der Waals surface area (Å²) in [5.74, 6) is -0.893. The minimum absolute atomic E-state index is 0.0410. The number of carbonyl (C=O) groups is 2. The van der Waals surface area contributed by atoms with Gasteiger partial charge in [-0.25, -0.2) is 13.1 Å². The van der Waals surface area contributed by atoms with Gasteiger partial charge in [0.1, 0.15) is 11.8 Å². The number of sulfonamides is 1. The Hall–Kier alpha value is -0.950. The van der Waals surface area contributed by atoms with Crippen LogP contribution < -0.4 is 10.5 Å². The van der Waals surface area contributed by atoms with Gasteiger partial charge in [-0.05, 0) is 30.1 Å². The van der Waals surface area contributed by atoms with Crippen molar-refractivity contribution in [3.8, 4) is 0 Å². The van der Waals surface area contributed by atoms with Crippen LogP contribution in [0.1, 0.15) is 47.0 Å². The summed E-state index contributed by atoms with van der Waals surface area (Å²) in [5.41, 5.74) is 4.12. The quantitative estimate of drug-likeness (QED) is 0.751. The Balaban J connectivity index is 2.25. The lowest BCUT2D eigenvalue weighted by Crippen LogP contribution is -2.52. The monoisotopic (exact) mass is 330 g/mol. The van der Waals surface area contributed by atoms with E-state index in [1.807, 2.05) is 13.8 Å². The van der Waals surface area contributed by atoms with E-state index in [0.29, 0.717) is 12.8 Å². The molecule has 2 fully saturated rings. The number of rotatable bonds is 6. The Bertz CT molecular complexity index is 597. The topological polar surface area (TPSA) is 106 Å². The predicted molar refractivity (Wildman–Crippen MR) is 83.3 cm³/mol. The summed E-state index contributed by atoms with van der Waals surface area (Å²) >= 11 is 0. The molecule has 0 aromatic carbocycles. The molecular formula is C15H26N2O4S. The number of carbonyl (C=O) groups excluding carboxylic acids is 2. The summed E-state index contributed by atoms with van der Waals surface area (Å²) < 4.78 is 27.5. The lowest BCUT2D eigenvalue weighted by molar-refractivity contribution is -0.128. The highest BCUT2D eigenvalue weighted by molar-refractivity contribution is 7.89. The van der Waals surface area contributed by atoms with Gasteiger partial charge in [0.2, 0.25) is 15.9 Å². The minimum Gasteiger partial charge on any atom is -0.368 e. The van der Waals surface area contributed by atoms with E-state index in [9.17, 15) is 18.0 Å². The summed E-state index contributed by atoms with van der Waals surface area (Å²) in [6.45, 7) is 7.43. The Morgan fingerprint density at radius 1 is 1.41 bits per heavy atom. The molecule has 2 aliphatic rings. The molecule has 6 nitrogen and oxygen atoms in total. The number of hydrogen-bond acceptors (Lipinski definition) is 4. The standard InChI is InChI=1S/C15H26N2O4S/c1-9(2)12(13(16)19)17-22(20,21)8-15-6-5-10(7-11(15)18)14(15,3)4/h9-10,12,17H,5-8H2,1-4H3,(H2,16,19)/t10-,12-,15-/m0/s1. The van der Waals surface area contributed by atoms with Crippen LogP contribution in [0.15, 0.2) is 0 Å². The molecule has 3 N–H and O–H groups in total. The number of primary amides is 1. The van der Waals surface area contributed by atoms with E-state index in [1.165, 1.54) is 0 Å². The number of fused-ring (bicyclic) bond motifs is 2. The van der Waals surface area contributed by atoms with Gasteiger partial charge >= 0.3 is 0 Å². The molecule has 0 unspecified atom stereocenters. The highest BCUT2D eigenvalue weighted by Gasteiger charge is 2.65. The van der Waals surface area contributed by atoms with Crippen molar-refractivity contribution in [2.24, 2.45) is 28.4 Å². The molecule has 0 heterocycles. The number of hydrogen-bond donors (Lipinski definition) is 2. The van der Waals surface area contributed by atoms with Crippen molar-refractivity contribution < 1.29 is 18.0 Å². The average molecular weight is 330 g/mol. The fourth-order valence-electron chi connectivity index (χ4n) is 4.19. The van der Waals surface area contributed by atoms with Gasteiger partial charge in [-0.15, -0.1) is 0 Å². The van der Waals surface area contributed by atoms with Crippen LogP contribution in [0.3, 0.4) is 0 Å². The van der Waals surface area contributed by atoms with Gasteiger partial charge in [0, 0.05) is 11.8 Å². The van der Waals surface area contributed by atoms with Gasteiger partial charge in [-0.3, -0.25) is 9.59 Å². The van der Waals surface area contributed by atoms with Crippen molar-refractivity contribution in [3.05, 3.63) is 0 Å². The van der Waals surface area contributed by atoms with Crippen LogP contribution >= 0.6 is 0 Å². The minimum atomic E-state index is -3.77. The van der Waals surface area contributed by atoms with E-state index in [1.54, 1.807) is 13.8 Å². The molecule has 2 aliphatic carbocycles. The molecule has 0 aromatic rings. The fraction of sp³-hybridized carbons (Fsp3) is 0.867. The Morgan fingerprint density at radius 3 is 2.36 bits per heavy atom. The molecule has 3 atom stereocenters. The third-order valence-corrected chi connectivity index (χ3v) is 7.34. The van der Waals surface area contributed by atoms with Crippen molar-refractivity contribution in [2.45, 2.75) is 53.0 Å². The lowest BCUT2D eigenvalue weighted by Gasteiger charge is -2.36. The maximum Gasteiger partial charge on any atom is 0.235 e. The number of nitrogens with two attached hydrogens (primary N) is 1. The van der Waals surface area contributed by atoms with Crippen LogP contribution in [0.5, 0.6) is 0 Å². The average Bonchev–Trinajstić information content (AvgIpc) is 2.68. The molecule has 2 saturated carbocycles. The summed E-state index contributed by atoms with van der Waals surface area (Å²) in [4.78, 5) is 23.9. The maximum absolute atomic E-state index is 12.6. The van der Waals surface area contributed by atoms with Gasteiger partial charge in [-0.2, -0.15) is 0 Å². The van der Waals surface area contributed by atoms with Crippen molar-refractivity contribution in [1.82, 2.24) is 4.72 Å². The molecule has 1 amide bonds. The third kappa shape index (κ3) is 2.58. The second kappa shape index (κ2) is 5.30. The van der Waals surface area contributed by atoms with Gasteiger partial charge in [0.05, 0.1) is 5.75 Å². The lowest BCUT2D eigenvalue weighted by atomic mass is 9.70. The number of ketones is 1. The summed E-state index contributed by atoms with van der Waals surface area (Å²) in [5, 5.41) is 0. The van der Waals surface area contributed by atoms with Gasteiger partial charge < -0.3 is 5.73 Å². The second-order valence-electron chi connectivity index (χ2n) is 7.67. The molecule has 0 radical (unpaired) electrons. The van der Waals surface area contributed by atoms with Gasteiger partial charge in [-0.1, -0.05) is 27.7 Å². The van der Waals surface area contributed by atoms with Crippen molar-refractivity contribution in [1.29, 1.82) is 0 Å². The molecule has 2 rings (SSSR count).